The van der Waals surface area contributed by atoms with Gasteiger partial charge in [0.2, 0.25) is 12.7 Å². The molecule has 3 rings (SSSR count). The van der Waals surface area contributed by atoms with Crippen LogP contribution in [0.25, 0.3) is 10.4 Å². The van der Waals surface area contributed by atoms with Crippen LogP contribution in [0, 0.1) is 11.6 Å². The third-order valence-electron chi connectivity index (χ3n) is 7.40. The Morgan fingerprint density at radius 3 is 2.25 bits per heavy atom. The molecule has 0 saturated carbocycles. The average molecular weight is 728 g/mol. The van der Waals surface area contributed by atoms with Crippen LogP contribution in [0.3, 0.4) is 0 Å². The number of cyclic esters (lactones) is 1. The molecule has 2 aliphatic rings. The van der Waals surface area contributed by atoms with E-state index < -0.39 is 99.9 Å². The number of azide groups is 1. The fourth-order valence-electron chi connectivity index (χ4n) is 4.92. The largest absolute Gasteiger partial charge is 0.442 e. The number of piperidine rings is 1. The van der Waals surface area contributed by atoms with Crippen LogP contribution in [-0.2, 0) is 32.9 Å². The summed E-state index contributed by atoms with van der Waals surface area (Å²) in [6.07, 6.45) is -5.30. The highest BCUT2D eigenvalue weighted by Gasteiger charge is 2.43. The van der Waals surface area contributed by atoms with Gasteiger partial charge in [0.25, 0.3) is 0 Å². The van der Waals surface area contributed by atoms with E-state index >= 15 is 8.78 Å². The van der Waals surface area contributed by atoms with E-state index in [1.165, 1.54) is 4.90 Å². The Labute approximate surface area is 270 Å². The Kier molecular flexibility index (Phi) is 12.5. The Hall–Kier alpha value is -3.87. The van der Waals surface area contributed by atoms with E-state index in [1.54, 1.807) is 0 Å². The number of hydrogen-bond acceptors (Lipinski definition) is 12. The molecular formula is C24H32F2N6O14P2. The normalized spacial score (nSPS) is 17.9. The highest BCUT2D eigenvalue weighted by atomic mass is 31.2. The van der Waals surface area contributed by atoms with Crippen molar-refractivity contribution in [1.29, 1.82) is 0 Å². The minimum Gasteiger partial charge on any atom is -0.442 e. The van der Waals surface area contributed by atoms with E-state index in [2.05, 4.69) is 19.5 Å². The van der Waals surface area contributed by atoms with Crippen LogP contribution in [0.4, 0.5) is 29.7 Å². The number of aliphatic hydroxyl groups is 1. The zero-order chi connectivity index (χ0) is 36.0. The zero-order valence-corrected chi connectivity index (χ0v) is 26.9. The van der Waals surface area contributed by atoms with E-state index in [1.807, 2.05) is 0 Å². The van der Waals surface area contributed by atoms with E-state index in [4.69, 9.17) is 29.8 Å². The molecule has 1 aromatic rings. The van der Waals surface area contributed by atoms with Gasteiger partial charge >= 0.3 is 33.3 Å². The molecule has 266 valence electrons. The molecule has 0 bridgehead atoms. The Morgan fingerprint density at radius 2 is 1.73 bits per heavy atom. The fraction of sp³-hybridized carbons (Fsp3) is 0.583. The number of anilines is 2. The lowest BCUT2D eigenvalue weighted by Gasteiger charge is -2.38. The van der Waals surface area contributed by atoms with Crippen LogP contribution in [0.2, 0.25) is 0 Å². The highest BCUT2D eigenvalue weighted by molar-refractivity contribution is 7.70. The summed E-state index contributed by atoms with van der Waals surface area (Å²) < 4.78 is 67.3. The van der Waals surface area contributed by atoms with Crippen molar-refractivity contribution in [2.45, 2.75) is 49.7 Å². The number of carbonyl (C=O) groups is 4. The van der Waals surface area contributed by atoms with E-state index in [9.17, 15) is 33.4 Å². The van der Waals surface area contributed by atoms with Crippen molar-refractivity contribution in [3.63, 3.8) is 0 Å². The number of rotatable bonds is 13. The molecule has 2 aliphatic heterocycles. The number of benzene rings is 1. The molecule has 5 N–H and O–H groups in total. The van der Waals surface area contributed by atoms with Gasteiger partial charge in [0.1, 0.15) is 11.8 Å². The summed E-state index contributed by atoms with van der Waals surface area (Å²) in [5.74, 6) is -4.20. The Bertz CT molecular complexity index is 1510. The van der Waals surface area contributed by atoms with Crippen molar-refractivity contribution < 1.29 is 76.0 Å². The minimum atomic E-state index is -5.28. The summed E-state index contributed by atoms with van der Waals surface area (Å²) in [4.78, 5) is 90.7. The molecule has 20 nitrogen and oxygen atoms in total. The second-order valence-corrected chi connectivity index (χ2v) is 14.9. The quantitative estimate of drug-likeness (QED) is 0.0484. The standard InChI is InChI=1S/C24H32F2N6O14P2/c1-14(33)31(22(35)45-13-44-19(34)2-3-20(47(38,39)40)48(41,42)43)10-16-11-32(23(36)46-16)15-8-17(25)21(18(26)9-15)30-6-4-24(37,5-7-30)12-28-29-27/h8-9,16,20,37H,2-7,10-13H2,1H3,(H2,38,39,40)(H2,41,42,43)/t16-/m0/s1. The van der Waals surface area contributed by atoms with E-state index in [-0.39, 0.29) is 44.7 Å². The van der Waals surface area contributed by atoms with Crippen molar-refractivity contribution in [3.8, 4) is 0 Å². The molecule has 1 aromatic carbocycles. The number of nitrogens with zero attached hydrogens (tertiary/aromatic N) is 6. The smallest absolute Gasteiger partial charge is 0.419 e. The molecule has 2 saturated heterocycles. The number of amides is 3. The van der Waals surface area contributed by atoms with Crippen LogP contribution < -0.4 is 9.80 Å². The predicted molar refractivity (Wildman–Crippen MR) is 156 cm³/mol. The van der Waals surface area contributed by atoms with Crippen LogP contribution in [0.1, 0.15) is 32.6 Å². The topological polar surface area (TPSA) is 290 Å². The van der Waals surface area contributed by atoms with E-state index in [0.29, 0.717) is 4.90 Å². The monoisotopic (exact) mass is 728 g/mol. The molecule has 2 fully saturated rings. The Morgan fingerprint density at radius 1 is 1.15 bits per heavy atom. The molecule has 0 aliphatic carbocycles. The fourth-order valence-corrected chi connectivity index (χ4v) is 7.41. The van der Waals surface area contributed by atoms with Crippen molar-refractivity contribution in [3.05, 3.63) is 34.2 Å². The van der Waals surface area contributed by atoms with Crippen molar-refractivity contribution in [2.75, 3.05) is 49.3 Å². The lowest BCUT2D eigenvalue weighted by Crippen LogP contribution is -2.46. The van der Waals surface area contributed by atoms with Crippen LogP contribution in [0.5, 0.6) is 0 Å². The van der Waals surface area contributed by atoms with Gasteiger partial charge in [-0.15, -0.1) is 0 Å². The van der Waals surface area contributed by atoms with Gasteiger partial charge in [0, 0.05) is 43.5 Å². The maximum Gasteiger partial charge on any atom is 0.419 e. The molecule has 24 heteroatoms. The summed E-state index contributed by atoms with van der Waals surface area (Å²) in [6.45, 7) is -1.21. The van der Waals surface area contributed by atoms with Gasteiger partial charge in [-0.25, -0.2) is 23.3 Å². The van der Waals surface area contributed by atoms with Gasteiger partial charge in [-0.2, -0.15) is 0 Å². The molecule has 48 heavy (non-hydrogen) atoms. The van der Waals surface area contributed by atoms with E-state index in [0.717, 1.165) is 24.0 Å². The number of halogens is 2. The average Bonchev–Trinajstić information content (AvgIpc) is 3.34. The first kappa shape index (κ1) is 38.6. The number of carbonyl (C=O) groups excluding carboxylic acids is 4. The van der Waals surface area contributed by atoms with Gasteiger partial charge in [0.15, 0.2) is 17.0 Å². The predicted octanol–water partition coefficient (Wildman–Crippen LogP) is 1.88. The number of esters is 1. The molecular weight excluding hydrogens is 696 g/mol. The van der Waals surface area contributed by atoms with Gasteiger partial charge in [-0.1, -0.05) is 5.11 Å². The number of ether oxygens (including phenoxy) is 3. The third kappa shape index (κ3) is 10.1. The van der Waals surface area contributed by atoms with Gasteiger partial charge in [-0.3, -0.25) is 23.6 Å². The summed E-state index contributed by atoms with van der Waals surface area (Å²) in [6, 6.07) is 1.77. The maximum atomic E-state index is 15.1. The lowest BCUT2D eigenvalue weighted by molar-refractivity contribution is -0.152. The van der Waals surface area contributed by atoms with Crippen molar-refractivity contribution >= 4 is 50.6 Å². The third-order valence-corrected chi connectivity index (χ3v) is 11.3. The first-order valence-electron chi connectivity index (χ1n) is 13.9. The van der Waals surface area contributed by atoms with Crippen LogP contribution in [-0.4, -0.2) is 110 Å². The molecule has 2 heterocycles. The molecule has 0 radical (unpaired) electrons. The minimum absolute atomic E-state index is 0.0440. The summed E-state index contributed by atoms with van der Waals surface area (Å²) in [5, 5.41) is 11.4. The number of imide groups is 1. The lowest BCUT2D eigenvalue weighted by atomic mass is 9.91. The summed E-state index contributed by atoms with van der Waals surface area (Å²) >= 11 is 0. The zero-order valence-electron chi connectivity index (χ0n) is 25.1. The summed E-state index contributed by atoms with van der Waals surface area (Å²) in [5.41, 5.74) is 6.53. The van der Waals surface area contributed by atoms with Crippen molar-refractivity contribution in [1.82, 2.24) is 4.90 Å². The SMILES string of the molecule is CC(=O)N(C[C@H]1CN(c2cc(F)c(N3CCC(O)(CN=[N+]=[N-])CC3)c(F)c2)C(=O)O1)C(=O)OCOC(=O)CCC(P(=O)(O)O)P(=O)(O)O. The second kappa shape index (κ2) is 15.6. The van der Waals surface area contributed by atoms with Gasteiger partial charge < -0.3 is 43.8 Å². The van der Waals surface area contributed by atoms with Crippen LogP contribution in [0.15, 0.2) is 17.2 Å². The highest BCUT2D eigenvalue weighted by Crippen LogP contribution is 2.61. The maximum absolute atomic E-state index is 15.1. The second-order valence-electron chi connectivity index (χ2n) is 10.8. The summed E-state index contributed by atoms with van der Waals surface area (Å²) in [7, 11) is -10.6. The Balaban J connectivity index is 1.57. The molecule has 0 aromatic heterocycles. The van der Waals surface area contributed by atoms with Crippen molar-refractivity contribution in [2.24, 2.45) is 5.11 Å². The first-order valence-corrected chi connectivity index (χ1v) is 17.3. The molecule has 1 atom stereocenters. The molecule has 0 spiro atoms. The first-order chi connectivity index (χ1) is 22.3. The number of hydrogen-bond donors (Lipinski definition) is 5. The van der Waals surface area contributed by atoms with Gasteiger partial charge in [-0.05, 0) is 24.8 Å². The van der Waals surface area contributed by atoms with Gasteiger partial charge in [0.05, 0.1) is 30.9 Å². The molecule has 3 amide bonds. The molecule has 0 unspecified atom stereocenters. The van der Waals surface area contributed by atoms with Crippen LogP contribution >= 0.6 is 15.2 Å².